The van der Waals surface area contributed by atoms with E-state index in [1.54, 1.807) is 0 Å². The van der Waals surface area contributed by atoms with Crippen LogP contribution in [0.4, 0.5) is 0 Å². The summed E-state index contributed by atoms with van der Waals surface area (Å²) in [4.78, 5) is 2.44. The molecule has 1 aromatic rings. The van der Waals surface area contributed by atoms with E-state index in [4.69, 9.17) is 0 Å². The zero-order valence-corrected chi connectivity index (χ0v) is 11.7. The summed E-state index contributed by atoms with van der Waals surface area (Å²) >= 11 is 0. The largest absolute Gasteiger partial charge is 0.309 e. The van der Waals surface area contributed by atoms with Gasteiger partial charge in [0.15, 0.2) is 0 Å². The molecule has 0 heterocycles. The molecule has 0 aromatic heterocycles. The van der Waals surface area contributed by atoms with Crippen LogP contribution >= 0.6 is 0 Å². The highest BCUT2D eigenvalue weighted by atomic mass is 15.1. The molecule has 0 amide bonds. The van der Waals surface area contributed by atoms with Gasteiger partial charge in [0.05, 0.1) is 0 Å². The lowest BCUT2D eigenvalue weighted by molar-refractivity contribution is 0.298. The lowest BCUT2D eigenvalue weighted by Gasteiger charge is -2.21. The van der Waals surface area contributed by atoms with Crippen LogP contribution in [0.15, 0.2) is 24.3 Å². The fraction of sp³-hybridized carbons (Fsp3) is 0.600. The minimum Gasteiger partial charge on any atom is -0.309 e. The molecule has 0 spiro atoms. The van der Waals surface area contributed by atoms with E-state index in [-0.39, 0.29) is 0 Å². The number of aryl methyl sites for hydroxylation is 1. The molecule has 0 aliphatic carbocycles. The molecule has 1 aromatic carbocycles. The quantitative estimate of drug-likeness (QED) is 0.780. The van der Waals surface area contributed by atoms with Crippen LogP contribution in [-0.4, -0.2) is 31.1 Å². The first-order chi connectivity index (χ1) is 8.19. The SMILES string of the molecule is CCN(CC)CCN[C@@H](C)c1ccccc1C. The summed E-state index contributed by atoms with van der Waals surface area (Å²) in [5, 5.41) is 3.60. The van der Waals surface area contributed by atoms with Crippen LogP contribution in [0.3, 0.4) is 0 Å². The third-order valence-corrected chi connectivity index (χ3v) is 3.43. The van der Waals surface area contributed by atoms with Crippen molar-refractivity contribution in [2.75, 3.05) is 26.2 Å². The number of hydrogen-bond acceptors (Lipinski definition) is 2. The number of nitrogens with one attached hydrogen (secondary N) is 1. The maximum absolute atomic E-state index is 3.60. The molecule has 0 saturated carbocycles. The van der Waals surface area contributed by atoms with Crippen LogP contribution in [0.1, 0.15) is 37.9 Å². The van der Waals surface area contributed by atoms with Gasteiger partial charge in [-0.1, -0.05) is 38.1 Å². The van der Waals surface area contributed by atoms with Crippen LogP contribution < -0.4 is 5.32 Å². The third kappa shape index (κ3) is 4.49. The summed E-state index contributed by atoms with van der Waals surface area (Å²) in [6, 6.07) is 9.04. The van der Waals surface area contributed by atoms with Crippen molar-refractivity contribution < 1.29 is 0 Å². The number of benzene rings is 1. The van der Waals surface area contributed by atoms with E-state index in [1.807, 2.05) is 0 Å². The Balaban J connectivity index is 2.40. The van der Waals surface area contributed by atoms with Gasteiger partial charge in [-0.3, -0.25) is 0 Å². The zero-order valence-electron chi connectivity index (χ0n) is 11.7. The number of likely N-dealkylation sites (N-methyl/N-ethyl adjacent to an activating group) is 1. The Hall–Kier alpha value is -0.860. The van der Waals surface area contributed by atoms with Crippen LogP contribution in [0, 0.1) is 6.92 Å². The van der Waals surface area contributed by atoms with Gasteiger partial charge < -0.3 is 10.2 Å². The van der Waals surface area contributed by atoms with Gasteiger partial charge in [-0.15, -0.1) is 0 Å². The number of rotatable bonds is 7. The second-order valence-corrected chi connectivity index (χ2v) is 4.56. The van der Waals surface area contributed by atoms with E-state index in [1.165, 1.54) is 11.1 Å². The molecular weight excluding hydrogens is 208 g/mol. The molecule has 0 aliphatic heterocycles. The molecule has 0 radical (unpaired) electrons. The second kappa shape index (κ2) is 7.46. The molecule has 96 valence electrons. The fourth-order valence-electron chi connectivity index (χ4n) is 2.16. The predicted molar refractivity (Wildman–Crippen MR) is 75.4 cm³/mol. The van der Waals surface area contributed by atoms with Crippen molar-refractivity contribution in [3.63, 3.8) is 0 Å². The Morgan fingerprint density at radius 1 is 1.18 bits per heavy atom. The van der Waals surface area contributed by atoms with Crippen molar-refractivity contribution in [3.05, 3.63) is 35.4 Å². The predicted octanol–water partition coefficient (Wildman–Crippen LogP) is 2.99. The molecule has 1 rings (SSSR count). The third-order valence-electron chi connectivity index (χ3n) is 3.43. The monoisotopic (exact) mass is 234 g/mol. The van der Waals surface area contributed by atoms with Crippen LogP contribution in [0.25, 0.3) is 0 Å². The smallest absolute Gasteiger partial charge is 0.0294 e. The Morgan fingerprint density at radius 3 is 2.41 bits per heavy atom. The van der Waals surface area contributed by atoms with Crippen molar-refractivity contribution in [2.45, 2.75) is 33.7 Å². The first kappa shape index (κ1) is 14.2. The highest BCUT2D eigenvalue weighted by Gasteiger charge is 2.07. The summed E-state index contributed by atoms with van der Waals surface area (Å²) in [6.07, 6.45) is 0. The Labute approximate surface area is 106 Å². The number of nitrogens with zero attached hydrogens (tertiary/aromatic N) is 1. The molecule has 0 aliphatic rings. The maximum atomic E-state index is 3.60. The molecule has 2 nitrogen and oxygen atoms in total. The standard InChI is InChI=1S/C15H26N2/c1-5-17(6-2)12-11-16-14(4)15-10-8-7-9-13(15)3/h7-10,14,16H,5-6,11-12H2,1-4H3/t14-/m0/s1. The summed E-state index contributed by atoms with van der Waals surface area (Å²) in [5.74, 6) is 0. The van der Waals surface area contributed by atoms with Crippen LogP contribution in [-0.2, 0) is 0 Å². The second-order valence-electron chi connectivity index (χ2n) is 4.56. The van der Waals surface area contributed by atoms with Gasteiger partial charge in [0, 0.05) is 19.1 Å². The van der Waals surface area contributed by atoms with Crippen molar-refractivity contribution in [2.24, 2.45) is 0 Å². The molecule has 17 heavy (non-hydrogen) atoms. The van der Waals surface area contributed by atoms with Crippen molar-refractivity contribution in [1.29, 1.82) is 0 Å². The van der Waals surface area contributed by atoms with Gasteiger partial charge in [0.1, 0.15) is 0 Å². The van der Waals surface area contributed by atoms with Gasteiger partial charge in [-0.2, -0.15) is 0 Å². The first-order valence-corrected chi connectivity index (χ1v) is 6.70. The fourth-order valence-corrected chi connectivity index (χ4v) is 2.16. The van der Waals surface area contributed by atoms with Crippen molar-refractivity contribution >= 4 is 0 Å². The lowest BCUT2D eigenvalue weighted by atomic mass is 10.0. The van der Waals surface area contributed by atoms with E-state index in [9.17, 15) is 0 Å². The normalized spacial score (nSPS) is 13.0. The highest BCUT2D eigenvalue weighted by molar-refractivity contribution is 5.28. The van der Waals surface area contributed by atoms with E-state index in [0.717, 1.165) is 26.2 Å². The van der Waals surface area contributed by atoms with E-state index in [2.05, 4.69) is 62.2 Å². The summed E-state index contributed by atoms with van der Waals surface area (Å²) in [6.45, 7) is 13.3. The van der Waals surface area contributed by atoms with E-state index in [0.29, 0.717) is 6.04 Å². The lowest BCUT2D eigenvalue weighted by Crippen LogP contribution is -2.33. The van der Waals surface area contributed by atoms with Gasteiger partial charge in [0.2, 0.25) is 0 Å². The highest BCUT2D eigenvalue weighted by Crippen LogP contribution is 2.16. The van der Waals surface area contributed by atoms with Gasteiger partial charge in [-0.25, -0.2) is 0 Å². The molecule has 0 bridgehead atoms. The Morgan fingerprint density at radius 2 is 1.82 bits per heavy atom. The molecular formula is C15H26N2. The van der Waals surface area contributed by atoms with E-state index >= 15 is 0 Å². The molecule has 0 saturated heterocycles. The minimum atomic E-state index is 0.437. The summed E-state index contributed by atoms with van der Waals surface area (Å²) < 4.78 is 0. The average molecular weight is 234 g/mol. The van der Waals surface area contributed by atoms with Crippen LogP contribution in [0.5, 0.6) is 0 Å². The van der Waals surface area contributed by atoms with Crippen LogP contribution in [0.2, 0.25) is 0 Å². The number of hydrogen-bond donors (Lipinski definition) is 1. The molecule has 1 N–H and O–H groups in total. The average Bonchev–Trinajstić information content (AvgIpc) is 2.35. The maximum Gasteiger partial charge on any atom is 0.0294 e. The molecule has 0 unspecified atom stereocenters. The Bertz CT molecular complexity index is 318. The molecule has 1 atom stereocenters. The van der Waals surface area contributed by atoms with Gasteiger partial charge in [-0.05, 0) is 38.1 Å². The van der Waals surface area contributed by atoms with Crippen molar-refractivity contribution in [1.82, 2.24) is 10.2 Å². The molecule has 0 fully saturated rings. The summed E-state index contributed by atoms with van der Waals surface area (Å²) in [5.41, 5.74) is 2.78. The van der Waals surface area contributed by atoms with E-state index < -0.39 is 0 Å². The minimum absolute atomic E-state index is 0.437. The van der Waals surface area contributed by atoms with Gasteiger partial charge in [0.25, 0.3) is 0 Å². The zero-order chi connectivity index (χ0) is 12.7. The molecule has 2 heteroatoms. The summed E-state index contributed by atoms with van der Waals surface area (Å²) in [7, 11) is 0. The Kier molecular flexibility index (Phi) is 6.23. The first-order valence-electron chi connectivity index (χ1n) is 6.70. The topological polar surface area (TPSA) is 15.3 Å². The van der Waals surface area contributed by atoms with Gasteiger partial charge >= 0.3 is 0 Å². The van der Waals surface area contributed by atoms with Crippen molar-refractivity contribution in [3.8, 4) is 0 Å².